The fraction of sp³-hybridized carbons (Fsp3) is 0.304. The maximum Gasteiger partial charge on any atom is 0.408 e. The molecule has 32 heavy (non-hydrogen) atoms. The number of nitrogens with zero attached hydrogens (tertiary/aromatic N) is 3. The molecule has 0 fully saturated rings. The highest BCUT2D eigenvalue weighted by Crippen LogP contribution is 2.19. The minimum Gasteiger partial charge on any atom is -0.444 e. The summed E-state index contributed by atoms with van der Waals surface area (Å²) in [5, 5.41) is 10.5. The number of carbonyl (C=O) groups excluding carboxylic acids is 2. The molecule has 2 N–H and O–H groups in total. The number of benzene rings is 1. The van der Waals surface area contributed by atoms with Gasteiger partial charge in [-0.25, -0.2) is 9.48 Å². The number of hydrogen-bond donors (Lipinski definition) is 2. The minimum absolute atomic E-state index is 0.264. The number of amides is 2. The van der Waals surface area contributed by atoms with E-state index in [2.05, 4.69) is 20.7 Å². The lowest BCUT2D eigenvalue weighted by Crippen LogP contribution is -2.47. The van der Waals surface area contributed by atoms with Crippen molar-refractivity contribution in [2.24, 2.45) is 0 Å². The van der Waals surface area contributed by atoms with Crippen LogP contribution in [-0.4, -0.2) is 38.4 Å². The van der Waals surface area contributed by atoms with Gasteiger partial charge in [-0.2, -0.15) is 5.10 Å². The number of carbonyl (C=O) groups is 2. The van der Waals surface area contributed by atoms with Crippen LogP contribution in [0.4, 0.5) is 10.5 Å². The van der Waals surface area contributed by atoms with Crippen molar-refractivity contribution in [1.82, 2.24) is 20.1 Å². The first-order valence-corrected chi connectivity index (χ1v) is 10.5. The van der Waals surface area contributed by atoms with Crippen LogP contribution in [0, 0.1) is 6.92 Å². The Kier molecular flexibility index (Phi) is 7.15. The standard InChI is InChI=1S/C23H26ClN5O3/c1-15-20(14-26-29(15)18-9-11-25-12-10-18)27-21(30)19(28-22(31)32-23(2,3)4)13-16-5-7-17(24)8-6-16/h5-12,14,19H,13H2,1-4H3,(H,27,30)(H,28,31)/t19-/m0/s1. The van der Waals surface area contributed by atoms with Crippen molar-refractivity contribution < 1.29 is 14.3 Å². The molecule has 2 heterocycles. The molecule has 9 heteroatoms. The molecule has 168 valence electrons. The second kappa shape index (κ2) is 9.82. The van der Waals surface area contributed by atoms with Crippen LogP contribution in [0.25, 0.3) is 5.69 Å². The number of nitrogens with one attached hydrogen (secondary N) is 2. The zero-order valence-corrected chi connectivity index (χ0v) is 19.2. The molecule has 0 bridgehead atoms. The number of ether oxygens (including phenoxy) is 1. The quantitative estimate of drug-likeness (QED) is 0.577. The molecular formula is C23H26ClN5O3. The molecular weight excluding hydrogens is 430 g/mol. The third-order valence-corrected chi connectivity index (χ3v) is 4.79. The number of aromatic nitrogens is 3. The van der Waals surface area contributed by atoms with Crippen molar-refractivity contribution in [2.75, 3.05) is 5.32 Å². The lowest BCUT2D eigenvalue weighted by atomic mass is 10.1. The van der Waals surface area contributed by atoms with Crippen LogP contribution in [0.15, 0.2) is 55.0 Å². The molecule has 0 radical (unpaired) electrons. The summed E-state index contributed by atoms with van der Waals surface area (Å²) in [5.41, 5.74) is 2.26. The Labute approximate surface area is 191 Å². The molecule has 0 saturated heterocycles. The van der Waals surface area contributed by atoms with E-state index in [-0.39, 0.29) is 12.3 Å². The van der Waals surface area contributed by atoms with Crippen LogP contribution >= 0.6 is 11.6 Å². The van der Waals surface area contributed by atoms with E-state index in [4.69, 9.17) is 16.3 Å². The topological polar surface area (TPSA) is 98.1 Å². The predicted octanol–water partition coefficient (Wildman–Crippen LogP) is 4.30. The Morgan fingerprint density at radius 1 is 1.12 bits per heavy atom. The summed E-state index contributed by atoms with van der Waals surface area (Å²) in [7, 11) is 0. The van der Waals surface area contributed by atoms with Gasteiger partial charge in [-0.3, -0.25) is 9.78 Å². The highest BCUT2D eigenvalue weighted by atomic mass is 35.5. The van der Waals surface area contributed by atoms with Crippen LogP contribution in [0.5, 0.6) is 0 Å². The van der Waals surface area contributed by atoms with E-state index >= 15 is 0 Å². The van der Waals surface area contributed by atoms with Crippen molar-refractivity contribution >= 4 is 29.3 Å². The maximum absolute atomic E-state index is 13.1. The summed E-state index contributed by atoms with van der Waals surface area (Å²) in [6.45, 7) is 7.13. The average molecular weight is 456 g/mol. The highest BCUT2D eigenvalue weighted by Gasteiger charge is 2.26. The van der Waals surface area contributed by atoms with Crippen LogP contribution < -0.4 is 10.6 Å². The van der Waals surface area contributed by atoms with E-state index in [1.807, 2.05) is 31.2 Å². The Morgan fingerprint density at radius 2 is 1.78 bits per heavy atom. The van der Waals surface area contributed by atoms with Crippen molar-refractivity contribution in [3.63, 3.8) is 0 Å². The van der Waals surface area contributed by atoms with E-state index in [1.165, 1.54) is 0 Å². The Hall–Kier alpha value is -3.39. The summed E-state index contributed by atoms with van der Waals surface area (Å²) < 4.78 is 7.04. The summed E-state index contributed by atoms with van der Waals surface area (Å²) >= 11 is 5.96. The average Bonchev–Trinajstić information content (AvgIpc) is 3.08. The number of rotatable bonds is 6. The van der Waals surface area contributed by atoms with Crippen LogP contribution in [-0.2, 0) is 16.0 Å². The van der Waals surface area contributed by atoms with Crippen molar-refractivity contribution in [1.29, 1.82) is 0 Å². The molecule has 0 spiro atoms. The number of halogens is 1. The molecule has 0 aliphatic rings. The van der Waals surface area contributed by atoms with Gasteiger partial charge in [0.15, 0.2) is 0 Å². The van der Waals surface area contributed by atoms with E-state index in [9.17, 15) is 9.59 Å². The Balaban J connectivity index is 1.79. The lowest BCUT2D eigenvalue weighted by molar-refractivity contribution is -0.118. The van der Waals surface area contributed by atoms with Gasteiger partial charge in [0, 0.05) is 23.8 Å². The zero-order chi connectivity index (χ0) is 23.3. The molecule has 0 saturated carbocycles. The molecule has 1 aromatic carbocycles. The highest BCUT2D eigenvalue weighted by molar-refractivity contribution is 6.30. The van der Waals surface area contributed by atoms with Gasteiger partial charge in [-0.15, -0.1) is 0 Å². The normalized spacial score (nSPS) is 12.2. The van der Waals surface area contributed by atoms with Gasteiger partial charge in [0.05, 0.1) is 23.3 Å². The van der Waals surface area contributed by atoms with Gasteiger partial charge >= 0.3 is 6.09 Å². The van der Waals surface area contributed by atoms with Crippen LogP contribution in [0.3, 0.4) is 0 Å². The Bertz CT molecular complexity index is 1080. The van der Waals surface area contributed by atoms with E-state index < -0.39 is 17.7 Å². The number of anilines is 1. The molecule has 2 amide bonds. The molecule has 1 atom stereocenters. The molecule has 0 unspecified atom stereocenters. The maximum atomic E-state index is 13.1. The van der Waals surface area contributed by atoms with Gasteiger partial charge in [-0.1, -0.05) is 23.7 Å². The first-order valence-electron chi connectivity index (χ1n) is 10.1. The molecule has 0 aliphatic heterocycles. The number of hydrogen-bond acceptors (Lipinski definition) is 5. The van der Waals surface area contributed by atoms with Crippen molar-refractivity contribution in [2.45, 2.75) is 45.8 Å². The third-order valence-electron chi connectivity index (χ3n) is 4.54. The van der Waals surface area contributed by atoms with Gasteiger partial charge in [0.1, 0.15) is 11.6 Å². The summed E-state index contributed by atoms with van der Waals surface area (Å²) in [5.74, 6) is -0.386. The Morgan fingerprint density at radius 3 is 2.41 bits per heavy atom. The molecule has 2 aromatic heterocycles. The van der Waals surface area contributed by atoms with Gasteiger partial charge < -0.3 is 15.4 Å². The first-order chi connectivity index (χ1) is 15.1. The second-order valence-corrected chi connectivity index (χ2v) is 8.72. The number of pyridine rings is 1. The largest absolute Gasteiger partial charge is 0.444 e. The van der Waals surface area contributed by atoms with E-state index in [1.54, 1.807) is 56.2 Å². The van der Waals surface area contributed by atoms with Crippen LogP contribution in [0.1, 0.15) is 32.0 Å². The van der Waals surface area contributed by atoms with E-state index in [0.717, 1.165) is 16.9 Å². The lowest BCUT2D eigenvalue weighted by Gasteiger charge is -2.23. The summed E-state index contributed by atoms with van der Waals surface area (Å²) in [6, 6.07) is 9.87. The fourth-order valence-corrected chi connectivity index (χ4v) is 3.14. The second-order valence-electron chi connectivity index (χ2n) is 8.28. The summed E-state index contributed by atoms with van der Waals surface area (Å²) in [6.07, 6.45) is 4.50. The van der Waals surface area contributed by atoms with Gasteiger partial charge in [-0.05, 0) is 57.5 Å². The van der Waals surface area contributed by atoms with Crippen LogP contribution in [0.2, 0.25) is 5.02 Å². The molecule has 0 aliphatic carbocycles. The van der Waals surface area contributed by atoms with Gasteiger partial charge in [0.25, 0.3) is 0 Å². The van der Waals surface area contributed by atoms with Gasteiger partial charge in [0.2, 0.25) is 5.91 Å². The summed E-state index contributed by atoms with van der Waals surface area (Å²) in [4.78, 5) is 29.5. The smallest absolute Gasteiger partial charge is 0.408 e. The molecule has 3 rings (SSSR count). The fourth-order valence-electron chi connectivity index (χ4n) is 3.01. The predicted molar refractivity (Wildman–Crippen MR) is 123 cm³/mol. The van der Waals surface area contributed by atoms with Crippen molar-refractivity contribution in [3.05, 3.63) is 71.3 Å². The third kappa shape index (κ3) is 6.31. The zero-order valence-electron chi connectivity index (χ0n) is 18.4. The van der Waals surface area contributed by atoms with E-state index in [0.29, 0.717) is 10.7 Å². The molecule has 3 aromatic rings. The molecule has 8 nitrogen and oxygen atoms in total. The minimum atomic E-state index is -0.866. The SMILES string of the molecule is Cc1c(NC(=O)[C@H](Cc2ccc(Cl)cc2)NC(=O)OC(C)(C)C)cnn1-c1ccncc1. The first kappa shape index (κ1) is 23.3. The number of alkyl carbamates (subject to hydrolysis) is 1. The van der Waals surface area contributed by atoms with Crippen molar-refractivity contribution in [3.8, 4) is 5.69 Å². The monoisotopic (exact) mass is 455 g/mol.